The van der Waals surface area contributed by atoms with Crippen LogP contribution in [0.3, 0.4) is 0 Å². The lowest BCUT2D eigenvalue weighted by Crippen LogP contribution is -2.44. The number of rotatable bonds is 2. The van der Waals surface area contributed by atoms with Crippen molar-refractivity contribution in [2.24, 2.45) is 0 Å². The Bertz CT molecular complexity index is 552. The van der Waals surface area contributed by atoms with Gasteiger partial charge in [0.05, 0.1) is 5.56 Å². The van der Waals surface area contributed by atoms with Crippen LogP contribution in [0.15, 0.2) is 18.2 Å². The van der Waals surface area contributed by atoms with Crippen molar-refractivity contribution in [1.82, 2.24) is 9.80 Å². The minimum absolute atomic E-state index is 0.0110. The number of hydrogen-bond donors (Lipinski definition) is 0. The first-order valence-electron chi connectivity index (χ1n) is 7.02. The van der Waals surface area contributed by atoms with Crippen LogP contribution in [-0.2, 0) is 6.18 Å². The van der Waals surface area contributed by atoms with Crippen LogP contribution in [0.2, 0.25) is 5.02 Å². The van der Waals surface area contributed by atoms with Crippen molar-refractivity contribution >= 4 is 17.5 Å². The molecule has 1 aromatic rings. The summed E-state index contributed by atoms with van der Waals surface area (Å²) < 4.78 is 38.4. The third-order valence-electron chi connectivity index (χ3n) is 3.95. The molecular formula is C15H18ClF3N2O. The van der Waals surface area contributed by atoms with Crippen LogP contribution in [-0.4, -0.2) is 48.9 Å². The number of alkyl halides is 3. The van der Waals surface area contributed by atoms with Gasteiger partial charge in [-0.15, -0.1) is 0 Å². The van der Waals surface area contributed by atoms with Gasteiger partial charge in [-0.05, 0) is 45.1 Å². The van der Waals surface area contributed by atoms with E-state index in [1.807, 2.05) is 14.1 Å². The van der Waals surface area contributed by atoms with Gasteiger partial charge in [-0.1, -0.05) is 11.6 Å². The molecule has 0 radical (unpaired) electrons. The molecule has 0 N–H and O–H groups in total. The lowest BCUT2D eigenvalue weighted by atomic mass is 10.0. The molecule has 122 valence electrons. The summed E-state index contributed by atoms with van der Waals surface area (Å²) in [7, 11) is 3.96. The van der Waals surface area contributed by atoms with Crippen molar-refractivity contribution < 1.29 is 18.0 Å². The molecule has 0 aromatic heterocycles. The maximum absolute atomic E-state index is 12.8. The Balaban J connectivity index is 2.15. The normalized spacial score (nSPS) is 17.1. The molecule has 1 aromatic carbocycles. The second-order valence-electron chi connectivity index (χ2n) is 5.71. The first-order valence-corrected chi connectivity index (χ1v) is 7.40. The lowest BCUT2D eigenvalue weighted by molar-refractivity contribution is -0.137. The van der Waals surface area contributed by atoms with Crippen molar-refractivity contribution in [3.8, 4) is 0 Å². The number of amides is 1. The number of hydrogen-bond acceptors (Lipinski definition) is 2. The summed E-state index contributed by atoms with van der Waals surface area (Å²) in [6.07, 6.45) is -2.89. The van der Waals surface area contributed by atoms with E-state index in [9.17, 15) is 18.0 Å². The third kappa shape index (κ3) is 3.93. The van der Waals surface area contributed by atoms with Crippen LogP contribution in [0.25, 0.3) is 0 Å². The van der Waals surface area contributed by atoms with Crippen LogP contribution in [0.4, 0.5) is 13.2 Å². The molecule has 1 heterocycles. The van der Waals surface area contributed by atoms with E-state index in [1.54, 1.807) is 4.90 Å². The Labute approximate surface area is 132 Å². The van der Waals surface area contributed by atoms with Gasteiger partial charge in [0.2, 0.25) is 0 Å². The Hall–Kier alpha value is -1.27. The fourth-order valence-electron chi connectivity index (χ4n) is 2.64. The standard InChI is InChI=1S/C15H18ClF3N2O/c1-20(2)13-3-5-21(6-4-13)14(22)10-7-11(15(17,18)19)9-12(16)8-10/h7-9,13H,3-6H2,1-2H3. The number of carbonyl (C=O) groups excluding carboxylic acids is 1. The zero-order chi connectivity index (χ0) is 16.5. The number of piperidine rings is 1. The summed E-state index contributed by atoms with van der Waals surface area (Å²) in [6.45, 7) is 1.07. The van der Waals surface area contributed by atoms with Gasteiger partial charge in [-0.3, -0.25) is 4.79 Å². The molecular weight excluding hydrogens is 317 g/mol. The Morgan fingerprint density at radius 2 is 1.82 bits per heavy atom. The van der Waals surface area contributed by atoms with E-state index in [2.05, 4.69) is 4.90 Å². The highest BCUT2D eigenvalue weighted by Gasteiger charge is 2.32. The number of halogens is 4. The second-order valence-corrected chi connectivity index (χ2v) is 6.15. The number of carbonyl (C=O) groups is 1. The summed E-state index contributed by atoms with van der Waals surface area (Å²) in [6, 6.07) is 3.38. The molecule has 0 atom stereocenters. The zero-order valence-electron chi connectivity index (χ0n) is 12.5. The highest BCUT2D eigenvalue weighted by Crippen LogP contribution is 2.32. The van der Waals surface area contributed by atoms with E-state index >= 15 is 0 Å². The largest absolute Gasteiger partial charge is 0.416 e. The van der Waals surface area contributed by atoms with E-state index in [-0.39, 0.29) is 10.6 Å². The van der Waals surface area contributed by atoms with Gasteiger partial charge in [0.1, 0.15) is 0 Å². The molecule has 1 aliphatic heterocycles. The van der Waals surface area contributed by atoms with Crippen LogP contribution >= 0.6 is 11.6 Å². The van der Waals surface area contributed by atoms with Crippen LogP contribution < -0.4 is 0 Å². The fraction of sp³-hybridized carbons (Fsp3) is 0.533. The Kier molecular flexibility index (Phi) is 5.02. The lowest BCUT2D eigenvalue weighted by Gasteiger charge is -2.35. The molecule has 3 nitrogen and oxygen atoms in total. The molecule has 7 heteroatoms. The predicted octanol–water partition coefficient (Wildman–Crippen LogP) is 3.53. The SMILES string of the molecule is CN(C)C1CCN(C(=O)c2cc(Cl)cc(C(F)(F)F)c2)CC1. The minimum Gasteiger partial charge on any atom is -0.339 e. The molecule has 1 amide bonds. The smallest absolute Gasteiger partial charge is 0.339 e. The molecule has 1 aliphatic rings. The maximum Gasteiger partial charge on any atom is 0.416 e. The van der Waals surface area contributed by atoms with Crippen molar-refractivity contribution in [2.75, 3.05) is 27.2 Å². The summed E-state index contributed by atoms with van der Waals surface area (Å²) >= 11 is 5.73. The number of nitrogens with zero attached hydrogens (tertiary/aromatic N) is 2. The molecule has 0 spiro atoms. The molecule has 0 bridgehead atoms. The van der Waals surface area contributed by atoms with Gasteiger partial charge in [0.25, 0.3) is 5.91 Å². The van der Waals surface area contributed by atoms with Crippen LogP contribution in [0.5, 0.6) is 0 Å². The summed E-state index contributed by atoms with van der Waals surface area (Å²) in [5.41, 5.74) is -0.908. The molecule has 2 rings (SSSR count). The molecule has 22 heavy (non-hydrogen) atoms. The second kappa shape index (κ2) is 6.46. The zero-order valence-corrected chi connectivity index (χ0v) is 13.2. The van der Waals surface area contributed by atoms with Crippen LogP contribution in [0, 0.1) is 0 Å². The molecule has 0 unspecified atom stereocenters. The van der Waals surface area contributed by atoms with Crippen molar-refractivity contribution in [3.05, 3.63) is 34.3 Å². The quantitative estimate of drug-likeness (QED) is 0.826. The van der Waals surface area contributed by atoms with Gasteiger partial charge in [-0.25, -0.2) is 0 Å². The Morgan fingerprint density at radius 1 is 1.23 bits per heavy atom. The molecule has 0 aliphatic carbocycles. The monoisotopic (exact) mass is 334 g/mol. The molecule has 0 saturated carbocycles. The first kappa shape index (κ1) is 17.1. The summed E-state index contributed by atoms with van der Waals surface area (Å²) in [5.74, 6) is -0.398. The van der Waals surface area contributed by atoms with Crippen molar-refractivity contribution in [1.29, 1.82) is 0 Å². The maximum atomic E-state index is 12.8. The van der Waals surface area contributed by atoms with Gasteiger partial charge in [-0.2, -0.15) is 13.2 Å². The average Bonchev–Trinajstić information content (AvgIpc) is 2.45. The number of benzene rings is 1. The fourth-order valence-corrected chi connectivity index (χ4v) is 2.88. The third-order valence-corrected chi connectivity index (χ3v) is 4.17. The van der Waals surface area contributed by atoms with E-state index in [0.717, 1.165) is 25.0 Å². The van der Waals surface area contributed by atoms with Gasteiger partial charge >= 0.3 is 6.18 Å². The summed E-state index contributed by atoms with van der Waals surface area (Å²) in [5, 5.41) is -0.0821. The predicted molar refractivity (Wildman–Crippen MR) is 79.1 cm³/mol. The van der Waals surface area contributed by atoms with Gasteiger partial charge in [0.15, 0.2) is 0 Å². The van der Waals surface area contributed by atoms with Gasteiger partial charge < -0.3 is 9.80 Å². The highest BCUT2D eigenvalue weighted by atomic mass is 35.5. The minimum atomic E-state index is -4.52. The van der Waals surface area contributed by atoms with E-state index in [1.165, 1.54) is 6.07 Å². The van der Waals surface area contributed by atoms with Crippen molar-refractivity contribution in [2.45, 2.75) is 25.1 Å². The average molecular weight is 335 g/mol. The molecule has 1 saturated heterocycles. The van der Waals surface area contributed by atoms with Crippen LogP contribution in [0.1, 0.15) is 28.8 Å². The first-order chi connectivity index (χ1) is 10.2. The van der Waals surface area contributed by atoms with E-state index in [4.69, 9.17) is 11.6 Å². The summed E-state index contributed by atoms with van der Waals surface area (Å²) in [4.78, 5) is 16.1. The topological polar surface area (TPSA) is 23.6 Å². The van der Waals surface area contributed by atoms with Crippen molar-refractivity contribution in [3.63, 3.8) is 0 Å². The van der Waals surface area contributed by atoms with Gasteiger partial charge in [0, 0.05) is 29.7 Å². The Morgan fingerprint density at radius 3 is 2.32 bits per heavy atom. The molecule has 1 fully saturated rings. The number of likely N-dealkylation sites (tertiary alicyclic amines) is 1. The highest BCUT2D eigenvalue weighted by molar-refractivity contribution is 6.31. The van der Waals surface area contributed by atoms with E-state index < -0.39 is 17.6 Å². The van der Waals surface area contributed by atoms with E-state index in [0.29, 0.717) is 19.1 Å².